The van der Waals surface area contributed by atoms with Crippen molar-refractivity contribution in [3.8, 4) is 0 Å². The van der Waals surface area contributed by atoms with Gasteiger partial charge in [0.15, 0.2) is 0 Å². The molecule has 1 saturated heterocycles. The van der Waals surface area contributed by atoms with E-state index in [9.17, 15) is 14.4 Å². The summed E-state index contributed by atoms with van der Waals surface area (Å²) in [5.74, 6) is -0.0585. The van der Waals surface area contributed by atoms with Crippen molar-refractivity contribution in [2.45, 2.75) is 37.1 Å². The minimum atomic E-state index is -1.16. The lowest BCUT2D eigenvalue weighted by Crippen LogP contribution is -2.43. The molecule has 2 aromatic rings. The van der Waals surface area contributed by atoms with Crippen LogP contribution in [-0.4, -0.2) is 41.6 Å². The first-order chi connectivity index (χ1) is 14.4. The van der Waals surface area contributed by atoms with Crippen molar-refractivity contribution in [1.29, 1.82) is 0 Å². The number of nitrogens with zero attached hydrogens (tertiary/aromatic N) is 1. The molecule has 158 valence electrons. The Kier molecular flexibility index (Phi) is 7.15. The summed E-state index contributed by atoms with van der Waals surface area (Å²) in [6.07, 6.45) is 2.01. The predicted molar refractivity (Wildman–Crippen MR) is 118 cm³/mol. The highest BCUT2D eigenvalue weighted by atomic mass is 32.2. The molecule has 2 aromatic carbocycles. The van der Waals surface area contributed by atoms with E-state index in [1.54, 1.807) is 18.7 Å². The van der Waals surface area contributed by atoms with Crippen LogP contribution in [0.3, 0.4) is 0 Å². The predicted octanol–water partition coefficient (Wildman–Crippen LogP) is 3.31. The van der Waals surface area contributed by atoms with Gasteiger partial charge < -0.3 is 10.6 Å². The fourth-order valence-corrected chi connectivity index (χ4v) is 4.19. The molecule has 1 unspecified atom stereocenters. The Morgan fingerprint density at radius 3 is 2.47 bits per heavy atom. The van der Waals surface area contributed by atoms with Gasteiger partial charge in [-0.3, -0.25) is 14.5 Å². The van der Waals surface area contributed by atoms with E-state index in [1.165, 1.54) is 5.56 Å². The maximum Gasteiger partial charge on any atom is 0.325 e. The summed E-state index contributed by atoms with van der Waals surface area (Å²) in [4.78, 5) is 39.7. The normalized spacial score (nSPS) is 18.4. The van der Waals surface area contributed by atoms with E-state index < -0.39 is 17.5 Å². The fourth-order valence-electron chi connectivity index (χ4n) is 3.41. The molecule has 1 aliphatic heterocycles. The number of amides is 4. The lowest BCUT2D eigenvalue weighted by molar-refractivity contribution is -0.134. The molecule has 0 saturated carbocycles. The molecule has 30 heavy (non-hydrogen) atoms. The number of carbonyl (C=O) groups excluding carboxylic acids is 3. The SMILES string of the molecule is CCCc1ccc(C2(C)NC(=O)N(CC(=O)NCCSc3ccccc3)C2=O)cc1. The number of hydrogen-bond acceptors (Lipinski definition) is 4. The number of thioether (sulfide) groups is 1. The van der Waals surface area contributed by atoms with Crippen LogP contribution < -0.4 is 10.6 Å². The summed E-state index contributed by atoms with van der Waals surface area (Å²) in [6.45, 7) is 3.96. The maximum atomic E-state index is 13.0. The van der Waals surface area contributed by atoms with Gasteiger partial charge in [-0.05, 0) is 36.6 Å². The molecule has 4 amide bonds. The number of aryl methyl sites for hydroxylation is 1. The molecule has 1 heterocycles. The molecule has 7 heteroatoms. The minimum Gasteiger partial charge on any atom is -0.354 e. The molecular formula is C23H27N3O3S. The molecule has 0 spiro atoms. The Morgan fingerprint density at radius 2 is 1.80 bits per heavy atom. The van der Waals surface area contributed by atoms with Crippen molar-refractivity contribution >= 4 is 29.6 Å². The van der Waals surface area contributed by atoms with Gasteiger partial charge in [0, 0.05) is 17.2 Å². The summed E-state index contributed by atoms with van der Waals surface area (Å²) in [7, 11) is 0. The third kappa shape index (κ3) is 5.02. The van der Waals surface area contributed by atoms with Gasteiger partial charge in [0.1, 0.15) is 12.1 Å². The second-order valence-electron chi connectivity index (χ2n) is 7.40. The highest BCUT2D eigenvalue weighted by molar-refractivity contribution is 7.99. The van der Waals surface area contributed by atoms with Crippen LogP contribution in [0.1, 0.15) is 31.4 Å². The van der Waals surface area contributed by atoms with E-state index in [-0.39, 0.29) is 12.5 Å². The zero-order chi connectivity index (χ0) is 21.6. The molecule has 1 aliphatic rings. The molecular weight excluding hydrogens is 398 g/mol. The molecule has 0 aromatic heterocycles. The van der Waals surface area contributed by atoms with Crippen molar-refractivity contribution < 1.29 is 14.4 Å². The second-order valence-corrected chi connectivity index (χ2v) is 8.57. The lowest BCUT2D eigenvalue weighted by atomic mass is 9.91. The van der Waals surface area contributed by atoms with E-state index in [1.807, 2.05) is 54.6 Å². The Labute approximate surface area is 181 Å². The van der Waals surface area contributed by atoms with Gasteiger partial charge in [0.05, 0.1) is 0 Å². The molecule has 1 atom stereocenters. The van der Waals surface area contributed by atoms with Gasteiger partial charge in [0.25, 0.3) is 5.91 Å². The van der Waals surface area contributed by atoms with Gasteiger partial charge >= 0.3 is 6.03 Å². The summed E-state index contributed by atoms with van der Waals surface area (Å²) in [5, 5.41) is 5.52. The van der Waals surface area contributed by atoms with E-state index in [0.29, 0.717) is 17.9 Å². The third-order valence-electron chi connectivity index (χ3n) is 5.08. The van der Waals surface area contributed by atoms with E-state index in [2.05, 4.69) is 17.6 Å². The Bertz CT molecular complexity index is 902. The van der Waals surface area contributed by atoms with E-state index >= 15 is 0 Å². The summed E-state index contributed by atoms with van der Waals surface area (Å²) in [6, 6.07) is 17.0. The number of imide groups is 1. The number of hydrogen-bond donors (Lipinski definition) is 2. The zero-order valence-corrected chi connectivity index (χ0v) is 18.1. The highest BCUT2D eigenvalue weighted by Crippen LogP contribution is 2.29. The van der Waals surface area contributed by atoms with E-state index in [4.69, 9.17) is 0 Å². The van der Waals surface area contributed by atoms with Crippen LogP contribution in [0.4, 0.5) is 4.79 Å². The first kappa shape index (κ1) is 21.9. The minimum absolute atomic E-state index is 0.288. The Hall–Kier alpha value is -2.80. The van der Waals surface area contributed by atoms with E-state index in [0.717, 1.165) is 22.6 Å². The first-order valence-corrected chi connectivity index (χ1v) is 11.1. The first-order valence-electron chi connectivity index (χ1n) is 10.1. The van der Waals surface area contributed by atoms with Gasteiger partial charge in [-0.2, -0.15) is 0 Å². The quantitative estimate of drug-likeness (QED) is 0.367. The zero-order valence-electron chi connectivity index (χ0n) is 17.3. The van der Waals surface area contributed by atoms with Crippen LogP contribution in [-0.2, 0) is 21.5 Å². The fraction of sp³-hybridized carbons (Fsp3) is 0.348. The van der Waals surface area contributed by atoms with Crippen LogP contribution >= 0.6 is 11.8 Å². The van der Waals surface area contributed by atoms with Crippen molar-refractivity contribution in [2.75, 3.05) is 18.8 Å². The highest BCUT2D eigenvalue weighted by Gasteiger charge is 2.49. The largest absolute Gasteiger partial charge is 0.354 e. The topological polar surface area (TPSA) is 78.5 Å². The van der Waals surface area contributed by atoms with Crippen LogP contribution in [0.15, 0.2) is 59.5 Å². The van der Waals surface area contributed by atoms with Gasteiger partial charge in [-0.1, -0.05) is 55.8 Å². The summed E-state index contributed by atoms with van der Waals surface area (Å²) >= 11 is 1.63. The summed E-state index contributed by atoms with van der Waals surface area (Å²) < 4.78 is 0. The van der Waals surface area contributed by atoms with Crippen molar-refractivity contribution in [3.63, 3.8) is 0 Å². The number of rotatable bonds is 9. The van der Waals surface area contributed by atoms with Crippen molar-refractivity contribution in [1.82, 2.24) is 15.5 Å². The monoisotopic (exact) mass is 425 g/mol. The molecule has 0 radical (unpaired) electrons. The van der Waals surface area contributed by atoms with Crippen LogP contribution in [0, 0.1) is 0 Å². The number of benzene rings is 2. The lowest BCUT2D eigenvalue weighted by Gasteiger charge is -2.22. The average molecular weight is 426 g/mol. The Balaban J connectivity index is 1.54. The molecule has 3 rings (SSSR count). The summed E-state index contributed by atoms with van der Waals surface area (Å²) in [5.41, 5.74) is 0.736. The van der Waals surface area contributed by atoms with Gasteiger partial charge in [-0.25, -0.2) is 4.79 Å². The van der Waals surface area contributed by atoms with Crippen molar-refractivity contribution in [2.24, 2.45) is 0 Å². The maximum absolute atomic E-state index is 13.0. The van der Waals surface area contributed by atoms with Gasteiger partial charge in [0.2, 0.25) is 5.91 Å². The van der Waals surface area contributed by atoms with Gasteiger partial charge in [-0.15, -0.1) is 11.8 Å². The second kappa shape index (κ2) is 9.80. The molecule has 1 fully saturated rings. The number of nitrogens with one attached hydrogen (secondary N) is 2. The standard InChI is InChI=1S/C23H27N3O3S/c1-3-7-17-10-12-18(13-11-17)23(2)21(28)26(22(29)25-23)16-20(27)24-14-15-30-19-8-5-4-6-9-19/h4-6,8-13H,3,7,14-16H2,1-2H3,(H,24,27)(H,25,29). The van der Waals surface area contributed by atoms with Crippen LogP contribution in [0.5, 0.6) is 0 Å². The van der Waals surface area contributed by atoms with Crippen molar-refractivity contribution in [3.05, 3.63) is 65.7 Å². The molecule has 2 N–H and O–H groups in total. The number of urea groups is 1. The average Bonchev–Trinajstić information content (AvgIpc) is 2.96. The van der Waals surface area contributed by atoms with Crippen LogP contribution in [0.2, 0.25) is 0 Å². The molecule has 0 aliphatic carbocycles. The smallest absolute Gasteiger partial charge is 0.325 e. The molecule has 6 nitrogen and oxygen atoms in total. The molecule has 0 bridgehead atoms. The number of carbonyl (C=O) groups is 3. The van der Waals surface area contributed by atoms with Crippen LogP contribution in [0.25, 0.3) is 0 Å². The third-order valence-corrected chi connectivity index (χ3v) is 6.10. The Morgan fingerprint density at radius 1 is 1.10 bits per heavy atom.